The van der Waals surface area contributed by atoms with Crippen molar-refractivity contribution in [3.05, 3.63) is 12.4 Å². The number of aryl methyl sites for hydroxylation is 1. The second-order valence-corrected chi connectivity index (χ2v) is 7.37. The maximum absolute atomic E-state index is 11.4. The van der Waals surface area contributed by atoms with Crippen LogP contribution in [0.25, 0.3) is 0 Å². The predicted molar refractivity (Wildman–Crippen MR) is 74.8 cm³/mol. The van der Waals surface area contributed by atoms with E-state index in [2.05, 4.69) is 17.3 Å². The molecule has 1 aromatic heterocycles. The summed E-state index contributed by atoms with van der Waals surface area (Å²) in [5.41, 5.74) is 0. The zero-order chi connectivity index (χ0) is 13.9. The van der Waals surface area contributed by atoms with Gasteiger partial charge in [-0.2, -0.15) is 5.10 Å². The Kier molecular flexibility index (Phi) is 4.62. The second kappa shape index (κ2) is 6.05. The van der Waals surface area contributed by atoms with Crippen LogP contribution in [0.1, 0.15) is 32.6 Å². The second-order valence-electron chi connectivity index (χ2n) is 5.36. The first kappa shape index (κ1) is 14.5. The van der Waals surface area contributed by atoms with Gasteiger partial charge >= 0.3 is 0 Å². The minimum Gasteiger partial charge on any atom is -0.314 e. The third kappa shape index (κ3) is 3.79. The fraction of sp³-hybridized carbons (Fsp3) is 0.769. The Morgan fingerprint density at radius 2 is 2.26 bits per heavy atom. The molecule has 108 valence electrons. The van der Waals surface area contributed by atoms with Gasteiger partial charge in [-0.15, -0.1) is 0 Å². The van der Waals surface area contributed by atoms with Gasteiger partial charge in [-0.3, -0.25) is 4.68 Å². The van der Waals surface area contributed by atoms with Crippen LogP contribution in [0, 0.1) is 5.92 Å². The Labute approximate surface area is 115 Å². The molecule has 0 spiro atoms. The summed E-state index contributed by atoms with van der Waals surface area (Å²) in [6, 6.07) is 0.620. The van der Waals surface area contributed by atoms with Gasteiger partial charge < -0.3 is 5.32 Å². The smallest absolute Gasteiger partial charge is 0.178 e. The average molecular weight is 285 g/mol. The molecular formula is C13H23N3O2S. The fourth-order valence-corrected chi connectivity index (χ4v) is 3.42. The lowest BCUT2D eigenvalue weighted by Gasteiger charge is -2.20. The van der Waals surface area contributed by atoms with E-state index in [1.165, 1.54) is 31.7 Å². The first-order valence-corrected chi connectivity index (χ1v) is 8.85. The van der Waals surface area contributed by atoms with Crippen LogP contribution >= 0.6 is 0 Å². The first-order valence-electron chi connectivity index (χ1n) is 6.96. The zero-order valence-corrected chi connectivity index (χ0v) is 12.5. The molecule has 1 N–H and O–H groups in total. The van der Waals surface area contributed by atoms with Crippen molar-refractivity contribution in [3.63, 3.8) is 0 Å². The summed E-state index contributed by atoms with van der Waals surface area (Å²) in [7, 11) is -3.13. The van der Waals surface area contributed by atoms with Crippen LogP contribution in [0.2, 0.25) is 0 Å². The van der Waals surface area contributed by atoms with Gasteiger partial charge in [-0.1, -0.05) is 13.3 Å². The van der Waals surface area contributed by atoms with Gasteiger partial charge in [0.2, 0.25) is 0 Å². The quantitative estimate of drug-likeness (QED) is 0.859. The third-order valence-electron chi connectivity index (χ3n) is 3.89. The number of hydrogen-bond donors (Lipinski definition) is 1. The minimum atomic E-state index is -3.13. The van der Waals surface area contributed by atoms with Crippen LogP contribution in [0.3, 0.4) is 0 Å². The van der Waals surface area contributed by atoms with Crippen LogP contribution in [0.15, 0.2) is 17.3 Å². The Hall–Kier alpha value is -0.880. The molecule has 2 atom stereocenters. The highest BCUT2D eigenvalue weighted by Crippen LogP contribution is 2.28. The Morgan fingerprint density at radius 3 is 2.89 bits per heavy atom. The molecule has 6 heteroatoms. The monoisotopic (exact) mass is 285 g/mol. The number of rotatable bonds is 6. The summed E-state index contributed by atoms with van der Waals surface area (Å²) < 4.78 is 24.5. The average Bonchev–Trinajstić information content (AvgIpc) is 2.94. The van der Waals surface area contributed by atoms with Crippen molar-refractivity contribution < 1.29 is 8.42 Å². The van der Waals surface area contributed by atoms with E-state index in [9.17, 15) is 8.42 Å². The van der Waals surface area contributed by atoms with Gasteiger partial charge in [0.05, 0.1) is 6.20 Å². The maximum atomic E-state index is 11.4. The van der Waals surface area contributed by atoms with Crippen LogP contribution in [-0.4, -0.2) is 37.0 Å². The third-order valence-corrected chi connectivity index (χ3v) is 4.96. The standard InChI is InChI=1S/C13H23N3O2S/c1-3-14-13-6-4-5-11(13)7-8-16-10-12(9-15-16)19(2,17)18/h9-11,13-14H,3-8H2,1-2H3. The molecule has 5 nitrogen and oxygen atoms in total. The summed E-state index contributed by atoms with van der Waals surface area (Å²) in [6.45, 7) is 3.95. The lowest BCUT2D eigenvalue weighted by molar-refractivity contribution is 0.359. The van der Waals surface area contributed by atoms with Crippen LogP contribution < -0.4 is 5.32 Å². The van der Waals surface area contributed by atoms with Crippen LogP contribution in [0.4, 0.5) is 0 Å². The molecule has 0 radical (unpaired) electrons. The largest absolute Gasteiger partial charge is 0.314 e. The molecular weight excluding hydrogens is 262 g/mol. The molecule has 1 aliphatic rings. The molecule has 0 saturated heterocycles. The molecule has 2 rings (SSSR count). The summed E-state index contributed by atoms with van der Waals surface area (Å²) in [5, 5.41) is 7.67. The van der Waals surface area contributed by atoms with E-state index in [0.717, 1.165) is 19.5 Å². The lowest BCUT2D eigenvalue weighted by atomic mass is 9.99. The number of nitrogens with one attached hydrogen (secondary N) is 1. The van der Waals surface area contributed by atoms with Gasteiger partial charge in [0.25, 0.3) is 0 Å². The molecule has 1 saturated carbocycles. The molecule has 0 aliphatic heterocycles. The minimum absolute atomic E-state index is 0.308. The molecule has 1 aromatic rings. The Balaban J connectivity index is 1.90. The highest BCUT2D eigenvalue weighted by atomic mass is 32.2. The molecule has 0 aromatic carbocycles. The van der Waals surface area contributed by atoms with E-state index in [1.54, 1.807) is 10.9 Å². The van der Waals surface area contributed by atoms with Gasteiger partial charge in [-0.25, -0.2) is 8.42 Å². The van der Waals surface area contributed by atoms with E-state index in [1.807, 2.05) is 0 Å². The van der Waals surface area contributed by atoms with Crippen LogP contribution in [0.5, 0.6) is 0 Å². The highest BCUT2D eigenvalue weighted by Gasteiger charge is 2.26. The maximum Gasteiger partial charge on any atom is 0.178 e. The van der Waals surface area contributed by atoms with E-state index >= 15 is 0 Å². The molecule has 1 heterocycles. The number of hydrogen-bond acceptors (Lipinski definition) is 4. The molecule has 0 bridgehead atoms. The molecule has 1 aliphatic carbocycles. The summed E-state index contributed by atoms with van der Waals surface area (Å²) >= 11 is 0. The SMILES string of the molecule is CCNC1CCCC1CCn1cc(S(C)(=O)=O)cn1. The van der Waals surface area contributed by atoms with Crippen molar-refractivity contribution in [2.75, 3.05) is 12.8 Å². The van der Waals surface area contributed by atoms with Crippen molar-refractivity contribution >= 4 is 9.84 Å². The van der Waals surface area contributed by atoms with Gasteiger partial charge in [-0.05, 0) is 31.7 Å². The number of sulfone groups is 1. The number of nitrogens with zero attached hydrogens (tertiary/aromatic N) is 2. The Bertz CT molecular complexity index is 510. The van der Waals surface area contributed by atoms with Crippen molar-refractivity contribution in [3.8, 4) is 0 Å². The van der Waals surface area contributed by atoms with Gasteiger partial charge in [0.15, 0.2) is 9.84 Å². The van der Waals surface area contributed by atoms with Crippen molar-refractivity contribution in [1.82, 2.24) is 15.1 Å². The van der Waals surface area contributed by atoms with Gasteiger partial charge in [0.1, 0.15) is 4.90 Å². The normalized spacial score (nSPS) is 23.9. The fourth-order valence-electron chi connectivity index (χ4n) is 2.87. The van der Waals surface area contributed by atoms with E-state index in [0.29, 0.717) is 16.9 Å². The molecule has 0 amide bonds. The van der Waals surface area contributed by atoms with Gasteiger partial charge in [0, 0.05) is 25.0 Å². The molecule has 19 heavy (non-hydrogen) atoms. The van der Waals surface area contributed by atoms with Crippen molar-refractivity contribution in [2.24, 2.45) is 5.92 Å². The summed E-state index contributed by atoms with van der Waals surface area (Å²) in [6.07, 6.45) is 9.15. The number of aromatic nitrogens is 2. The highest BCUT2D eigenvalue weighted by molar-refractivity contribution is 7.90. The zero-order valence-electron chi connectivity index (χ0n) is 11.7. The van der Waals surface area contributed by atoms with E-state index in [4.69, 9.17) is 0 Å². The predicted octanol–water partition coefficient (Wildman–Crippen LogP) is 1.45. The Morgan fingerprint density at radius 1 is 1.47 bits per heavy atom. The lowest BCUT2D eigenvalue weighted by Crippen LogP contribution is -2.32. The summed E-state index contributed by atoms with van der Waals surface area (Å²) in [4.78, 5) is 0.308. The van der Waals surface area contributed by atoms with E-state index < -0.39 is 9.84 Å². The van der Waals surface area contributed by atoms with Crippen molar-refractivity contribution in [2.45, 2.75) is 50.1 Å². The molecule has 1 fully saturated rings. The van der Waals surface area contributed by atoms with E-state index in [-0.39, 0.29) is 0 Å². The summed E-state index contributed by atoms with van der Waals surface area (Å²) in [5.74, 6) is 0.686. The molecule has 2 unspecified atom stereocenters. The van der Waals surface area contributed by atoms with Crippen molar-refractivity contribution in [1.29, 1.82) is 0 Å². The first-order chi connectivity index (χ1) is 9.00. The van der Waals surface area contributed by atoms with Crippen LogP contribution in [-0.2, 0) is 16.4 Å². The topological polar surface area (TPSA) is 64.0 Å².